The van der Waals surface area contributed by atoms with Crippen molar-refractivity contribution in [3.63, 3.8) is 0 Å². The number of aliphatic hydroxyl groups excluding tert-OH is 1. The van der Waals surface area contributed by atoms with Crippen molar-refractivity contribution in [1.82, 2.24) is 0 Å². The van der Waals surface area contributed by atoms with Crippen LogP contribution in [0.4, 0.5) is 13.2 Å². The Morgan fingerprint density at radius 1 is 1.07 bits per heavy atom. The second-order valence-corrected chi connectivity index (χ2v) is 3.60. The second-order valence-electron chi connectivity index (χ2n) is 3.60. The van der Waals surface area contributed by atoms with Gasteiger partial charge in [-0.2, -0.15) is 0 Å². The van der Waals surface area contributed by atoms with Crippen LogP contribution >= 0.6 is 0 Å². The summed E-state index contributed by atoms with van der Waals surface area (Å²) in [5.41, 5.74) is 0. The number of hydrogen-bond donors (Lipinski definition) is 1. The molecule has 0 radical (unpaired) electrons. The van der Waals surface area contributed by atoms with E-state index in [1.807, 2.05) is 0 Å². The SMILES string of the molecule is OC1CCC(OCCOC(F)(F)F)CC1. The van der Waals surface area contributed by atoms with Gasteiger partial charge in [0.25, 0.3) is 0 Å². The summed E-state index contributed by atoms with van der Waals surface area (Å²) in [7, 11) is 0. The molecule has 0 aliphatic heterocycles. The number of ether oxygens (including phenoxy) is 2. The Hall–Kier alpha value is -0.330. The Morgan fingerprint density at radius 2 is 1.67 bits per heavy atom. The zero-order chi connectivity index (χ0) is 11.3. The number of rotatable bonds is 4. The van der Waals surface area contributed by atoms with Crippen LogP contribution in [0.25, 0.3) is 0 Å². The van der Waals surface area contributed by atoms with Crippen LogP contribution in [0.3, 0.4) is 0 Å². The summed E-state index contributed by atoms with van der Waals surface area (Å²) >= 11 is 0. The van der Waals surface area contributed by atoms with E-state index in [0.717, 1.165) is 0 Å². The van der Waals surface area contributed by atoms with Gasteiger partial charge in [0, 0.05) is 0 Å². The molecule has 0 atom stereocenters. The van der Waals surface area contributed by atoms with E-state index in [1.54, 1.807) is 0 Å². The maximum Gasteiger partial charge on any atom is 0.522 e. The predicted octanol–water partition coefficient (Wildman–Crippen LogP) is 1.84. The number of halogens is 3. The second kappa shape index (κ2) is 5.67. The molecular weight excluding hydrogens is 213 g/mol. The van der Waals surface area contributed by atoms with E-state index < -0.39 is 13.0 Å². The minimum atomic E-state index is -4.58. The predicted molar refractivity (Wildman–Crippen MR) is 46.2 cm³/mol. The fourth-order valence-electron chi connectivity index (χ4n) is 1.58. The maximum absolute atomic E-state index is 11.6. The zero-order valence-corrected chi connectivity index (χ0v) is 8.29. The lowest BCUT2D eigenvalue weighted by molar-refractivity contribution is -0.327. The molecule has 1 N–H and O–H groups in total. The Balaban J connectivity index is 2.01. The highest BCUT2D eigenvalue weighted by molar-refractivity contribution is 4.71. The summed E-state index contributed by atoms with van der Waals surface area (Å²) in [6.07, 6.45) is -2.18. The first-order chi connectivity index (χ1) is 6.97. The first kappa shape index (κ1) is 12.7. The van der Waals surface area contributed by atoms with Gasteiger partial charge in [0.2, 0.25) is 0 Å². The molecule has 1 saturated carbocycles. The average Bonchev–Trinajstić information content (AvgIpc) is 2.14. The molecule has 0 aromatic carbocycles. The fraction of sp³-hybridized carbons (Fsp3) is 1.00. The van der Waals surface area contributed by atoms with E-state index in [4.69, 9.17) is 4.74 Å². The van der Waals surface area contributed by atoms with Crippen LogP contribution in [0.2, 0.25) is 0 Å². The van der Waals surface area contributed by atoms with Gasteiger partial charge < -0.3 is 9.84 Å². The van der Waals surface area contributed by atoms with E-state index in [9.17, 15) is 18.3 Å². The Bertz CT molecular complexity index is 176. The third-order valence-electron chi connectivity index (χ3n) is 2.35. The summed E-state index contributed by atoms with van der Waals surface area (Å²) in [4.78, 5) is 0. The molecule has 6 heteroatoms. The molecule has 0 aromatic rings. The van der Waals surface area contributed by atoms with E-state index in [1.165, 1.54) is 0 Å². The third-order valence-corrected chi connectivity index (χ3v) is 2.35. The Morgan fingerprint density at radius 3 is 2.20 bits per heavy atom. The molecule has 0 saturated heterocycles. The van der Waals surface area contributed by atoms with Crippen molar-refractivity contribution in [3.8, 4) is 0 Å². The first-order valence-electron chi connectivity index (χ1n) is 4.98. The normalized spacial score (nSPS) is 28.0. The Labute approximate surface area is 86.2 Å². The van der Waals surface area contributed by atoms with Crippen LogP contribution < -0.4 is 0 Å². The highest BCUT2D eigenvalue weighted by Gasteiger charge is 2.29. The van der Waals surface area contributed by atoms with E-state index in [2.05, 4.69) is 4.74 Å². The van der Waals surface area contributed by atoms with Crippen LogP contribution in [-0.2, 0) is 9.47 Å². The summed E-state index contributed by atoms with van der Waals surface area (Å²) < 4.78 is 43.4. The van der Waals surface area contributed by atoms with Crippen LogP contribution in [-0.4, -0.2) is 36.9 Å². The summed E-state index contributed by atoms with van der Waals surface area (Å²) in [6.45, 7) is -0.525. The first-order valence-corrected chi connectivity index (χ1v) is 4.98. The molecule has 1 fully saturated rings. The largest absolute Gasteiger partial charge is 0.522 e. The highest BCUT2D eigenvalue weighted by Crippen LogP contribution is 2.21. The topological polar surface area (TPSA) is 38.7 Å². The van der Waals surface area contributed by atoms with Gasteiger partial charge in [0.1, 0.15) is 0 Å². The number of hydrogen-bond acceptors (Lipinski definition) is 3. The minimum Gasteiger partial charge on any atom is -0.393 e. The van der Waals surface area contributed by atoms with Crippen molar-refractivity contribution < 1.29 is 27.8 Å². The van der Waals surface area contributed by atoms with Gasteiger partial charge >= 0.3 is 6.36 Å². The van der Waals surface area contributed by atoms with Gasteiger partial charge in [-0.3, -0.25) is 4.74 Å². The summed E-state index contributed by atoms with van der Waals surface area (Å²) in [5.74, 6) is 0. The van der Waals surface area contributed by atoms with Crippen LogP contribution in [0.1, 0.15) is 25.7 Å². The van der Waals surface area contributed by atoms with Crippen molar-refractivity contribution in [3.05, 3.63) is 0 Å². The average molecular weight is 228 g/mol. The lowest BCUT2D eigenvalue weighted by Gasteiger charge is -2.25. The van der Waals surface area contributed by atoms with Gasteiger partial charge in [-0.1, -0.05) is 0 Å². The smallest absolute Gasteiger partial charge is 0.393 e. The number of aliphatic hydroxyl groups is 1. The number of alkyl halides is 3. The van der Waals surface area contributed by atoms with Crippen molar-refractivity contribution in [2.75, 3.05) is 13.2 Å². The minimum absolute atomic E-state index is 0.0368. The molecule has 0 aromatic heterocycles. The molecule has 0 heterocycles. The monoisotopic (exact) mass is 228 g/mol. The fourth-order valence-corrected chi connectivity index (χ4v) is 1.58. The van der Waals surface area contributed by atoms with E-state index in [0.29, 0.717) is 25.7 Å². The zero-order valence-electron chi connectivity index (χ0n) is 8.29. The van der Waals surface area contributed by atoms with E-state index >= 15 is 0 Å². The van der Waals surface area contributed by atoms with Crippen molar-refractivity contribution in [2.24, 2.45) is 0 Å². The molecule has 0 amide bonds. The quantitative estimate of drug-likeness (QED) is 0.746. The van der Waals surface area contributed by atoms with Gasteiger partial charge in [-0.15, -0.1) is 13.2 Å². The molecule has 0 spiro atoms. The molecule has 15 heavy (non-hydrogen) atoms. The maximum atomic E-state index is 11.6. The van der Waals surface area contributed by atoms with Crippen LogP contribution in [0, 0.1) is 0 Å². The third kappa shape index (κ3) is 5.96. The van der Waals surface area contributed by atoms with Crippen LogP contribution in [0.5, 0.6) is 0 Å². The van der Waals surface area contributed by atoms with Crippen molar-refractivity contribution in [1.29, 1.82) is 0 Å². The molecule has 3 nitrogen and oxygen atoms in total. The molecule has 1 aliphatic carbocycles. The lowest BCUT2D eigenvalue weighted by atomic mass is 9.95. The van der Waals surface area contributed by atoms with Gasteiger partial charge in [-0.25, -0.2) is 0 Å². The summed E-state index contributed by atoms with van der Waals surface area (Å²) in [6, 6.07) is 0. The van der Waals surface area contributed by atoms with Crippen molar-refractivity contribution >= 4 is 0 Å². The lowest BCUT2D eigenvalue weighted by Crippen LogP contribution is -2.26. The van der Waals surface area contributed by atoms with Crippen LogP contribution in [0.15, 0.2) is 0 Å². The standard InChI is InChI=1S/C9H15F3O3/c10-9(11,12)15-6-5-14-8-3-1-7(13)2-4-8/h7-8,13H,1-6H2. The summed E-state index contributed by atoms with van der Waals surface area (Å²) in [5, 5.41) is 9.18. The molecule has 90 valence electrons. The molecule has 1 rings (SSSR count). The molecule has 0 bridgehead atoms. The molecule has 1 aliphatic rings. The molecule has 0 unspecified atom stereocenters. The Kier molecular flexibility index (Phi) is 4.82. The van der Waals surface area contributed by atoms with Gasteiger partial charge in [0.05, 0.1) is 25.4 Å². The van der Waals surface area contributed by atoms with Crippen molar-refractivity contribution in [2.45, 2.75) is 44.3 Å². The highest BCUT2D eigenvalue weighted by atomic mass is 19.4. The van der Waals surface area contributed by atoms with Gasteiger partial charge in [-0.05, 0) is 25.7 Å². The van der Waals surface area contributed by atoms with E-state index in [-0.39, 0.29) is 18.8 Å². The molecular formula is C9H15F3O3. The van der Waals surface area contributed by atoms with Gasteiger partial charge in [0.15, 0.2) is 0 Å².